The molecule has 2 nitrogen and oxygen atoms in total. The van der Waals surface area contributed by atoms with Gasteiger partial charge in [0.2, 0.25) is 0 Å². The monoisotopic (exact) mass is 302 g/mol. The number of thiocarbonyl (C=S) groups is 1. The minimum absolute atomic E-state index is 0.571. The topological polar surface area (TPSA) is 15.3 Å². The van der Waals surface area contributed by atoms with E-state index in [1.54, 1.807) is 0 Å². The summed E-state index contributed by atoms with van der Waals surface area (Å²) >= 11 is 5.72. The number of benzene rings is 1. The van der Waals surface area contributed by atoms with E-state index in [-0.39, 0.29) is 0 Å². The molecule has 1 heterocycles. The van der Waals surface area contributed by atoms with E-state index < -0.39 is 0 Å². The second-order valence-electron chi connectivity index (χ2n) is 6.40. The molecule has 0 radical (unpaired) electrons. The number of hydrogen-bond acceptors (Lipinski definition) is 2. The summed E-state index contributed by atoms with van der Waals surface area (Å²) in [5.41, 5.74) is 1.31. The van der Waals surface area contributed by atoms with Gasteiger partial charge >= 0.3 is 0 Å². The zero-order valence-corrected chi connectivity index (χ0v) is 13.6. The van der Waals surface area contributed by atoms with E-state index in [1.165, 1.54) is 57.2 Å². The zero-order valence-electron chi connectivity index (χ0n) is 12.8. The summed E-state index contributed by atoms with van der Waals surface area (Å²) in [6.45, 7) is 3.42. The maximum Gasteiger partial charge on any atom is 0.0803 e. The Labute approximate surface area is 133 Å². The highest BCUT2D eigenvalue weighted by Gasteiger charge is 2.34. The number of likely N-dealkylation sites (tertiary alicyclic amines) is 1. The molecule has 1 aliphatic heterocycles. The number of rotatable bonds is 4. The second-order valence-corrected chi connectivity index (χ2v) is 6.84. The van der Waals surface area contributed by atoms with Crippen molar-refractivity contribution in [3.8, 4) is 0 Å². The van der Waals surface area contributed by atoms with Crippen LogP contribution >= 0.6 is 12.2 Å². The molecule has 1 saturated carbocycles. The third kappa shape index (κ3) is 3.83. The Morgan fingerprint density at radius 2 is 1.81 bits per heavy atom. The number of nitrogens with zero attached hydrogens (tertiary/aromatic N) is 1. The predicted octanol–water partition coefficient (Wildman–Crippen LogP) is 3.76. The maximum atomic E-state index is 5.72. The second kappa shape index (κ2) is 7.37. The van der Waals surface area contributed by atoms with Gasteiger partial charge in [-0.1, -0.05) is 55.4 Å². The Hall–Kier alpha value is -0.930. The van der Waals surface area contributed by atoms with Gasteiger partial charge in [-0.05, 0) is 44.3 Å². The van der Waals surface area contributed by atoms with Crippen molar-refractivity contribution in [2.24, 2.45) is 5.92 Å². The lowest BCUT2D eigenvalue weighted by atomic mass is 9.99. The predicted molar refractivity (Wildman–Crippen MR) is 92.4 cm³/mol. The fourth-order valence-corrected chi connectivity index (χ4v) is 4.20. The quantitative estimate of drug-likeness (QED) is 0.853. The van der Waals surface area contributed by atoms with E-state index in [0.717, 1.165) is 11.5 Å². The average molecular weight is 302 g/mol. The largest absolute Gasteiger partial charge is 0.375 e. The number of piperidine rings is 1. The van der Waals surface area contributed by atoms with Crippen LogP contribution < -0.4 is 5.32 Å². The third-order valence-electron chi connectivity index (χ3n) is 4.99. The van der Waals surface area contributed by atoms with Crippen molar-refractivity contribution in [3.63, 3.8) is 0 Å². The zero-order chi connectivity index (χ0) is 14.5. The van der Waals surface area contributed by atoms with E-state index in [4.69, 9.17) is 12.2 Å². The minimum atomic E-state index is 0.571. The molecule has 2 atom stereocenters. The first-order valence-electron chi connectivity index (χ1n) is 8.40. The summed E-state index contributed by atoms with van der Waals surface area (Å²) in [6, 6.07) is 11.3. The van der Waals surface area contributed by atoms with Crippen LogP contribution in [0.25, 0.3) is 0 Å². The lowest BCUT2D eigenvalue weighted by molar-refractivity contribution is 0.151. The smallest absolute Gasteiger partial charge is 0.0803 e. The first-order valence-corrected chi connectivity index (χ1v) is 8.81. The molecule has 0 spiro atoms. The third-order valence-corrected chi connectivity index (χ3v) is 5.43. The van der Waals surface area contributed by atoms with E-state index in [2.05, 4.69) is 40.5 Å². The van der Waals surface area contributed by atoms with Gasteiger partial charge in [-0.3, -0.25) is 4.90 Å². The maximum absolute atomic E-state index is 5.72. The van der Waals surface area contributed by atoms with Crippen LogP contribution in [0.3, 0.4) is 0 Å². The molecule has 2 fully saturated rings. The van der Waals surface area contributed by atoms with Crippen LogP contribution in [0.1, 0.15) is 44.1 Å². The molecule has 1 N–H and O–H groups in total. The Kier molecular flexibility index (Phi) is 5.26. The van der Waals surface area contributed by atoms with Gasteiger partial charge in [0.1, 0.15) is 0 Å². The van der Waals surface area contributed by atoms with Crippen LogP contribution in [0.5, 0.6) is 0 Å². The summed E-state index contributed by atoms with van der Waals surface area (Å²) in [5, 5.41) is 3.51. The molecular formula is C18H26N2S. The van der Waals surface area contributed by atoms with Crippen LogP contribution in [0.15, 0.2) is 30.3 Å². The van der Waals surface area contributed by atoms with Gasteiger partial charge < -0.3 is 5.32 Å². The van der Waals surface area contributed by atoms with E-state index in [9.17, 15) is 0 Å². The van der Waals surface area contributed by atoms with Crippen molar-refractivity contribution in [1.82, 2.24) is 10.2 Å². The molecule has 1 aromatic carbocycles. The molecule has 0 aromatic heterocycles. The van der Waals surface area contributed by atoms with Gasteiger partial charge in [-0.25, -0.2) is 0 Å². The Balaban J connectivity index is 1.55. The van der Waals surface area contributed by atoms with Crippen LogP contribution in [0.2, 0.25) is 0 Å². The minimum Gasteiger partial charge on any atom is -0.375 e. The van der Waals surface area contributed by atoms with Crippen molar-refractivity contribution in [2.75, 3.05) is 13.1 Å². The van der Waals surface area contributed by atoms with Crippen molar-refractivity contribution >= 4 is 17.2 Å². The van der Waals surface area contributed by atoms with Crippen LogP contribution in [0.4, 0.5) is 0 Å². The van der Waals surface area contributed by atoms with Crippen molar-refractivity contribution in [3.05, 3.63) is 35.9 Å². The van der Waals surface area contributed by atoms with Crippen LogP contribution in [-0.4, -0.2) is 29.0 Å². The SMILES string of the molecule is S=C(NCc1ccccc1)[C@H]1CCC[C@@H]1N1CCCCC1. The molecule has 21 heavy (non-hydrogen) atoms. The Morgan fingerprint density at radius 3 is 2.57 bits per heavy atom. The highest BCUT2D eigenvalue weighted by atomic mass is 32.1. The highest BCUT2D eigenvalue weighted by molar-refractivity contribution is 7.80. The van der Waals surface area contributed by atoms with Crippen molar-refractivity contribution < 1.29 is 0 Å². The van der Waals surface area contributed by atoms with Gasteiger partial charge in [0.05, 0.1) is 4.99 Å². The van der Waals surface area contributed by atoms with Gasteiger partial charge in [0, 0.05) is 18.5 Å². The molecule has 0 amide bonds. The first kappa shape index (κ1) is 15.0. The summed E-state index contributed by atoms with van der Waals surface area (Å²) in [6.07, 6.45) is 8.07. The summed E-state index contributed by atoms with van der Waals surface area (Å²) in [7, 11) is 0. The Morgan fingerprint density at radius 1 is 1.05 bits per heavy atom. The molecule has 2 aliphatic rings. The number of hydrogen-bond donors (Lipinski definition) is 1. The molecule has 3 heteroatoms. The normalized spacial score (nSPS) is 26.7. The summed E-state index contributed by atoms with van der Waals surface area (Å²) in [5.74, 6) is 0.571. The summed E-state index contributed by atoms with van der Waals surface area (Å²) in [4.78, 5) is 3.80. The van der Waals surface area contributed by atoms with E-state index in [1.807, 2.05) is 0 Å². The highest BCUT2D eigenvalue weighted by Crippen LogP contribution is 2.32. The van der Waals surface area contributed by atoms with Crippen molar-refractivity contribution in [1.29, 1.82) is 0 Å². The van der Waals surface area contributed by atoms with Gasteiger partial charge in [-0.2, -0.15) is 0 Å². The molecule has 1 saturated heterocycles. The van der Waals surface area contributed by atoms with Crippen LogP contribution in [-0.2, 0) is 6.54 Å². The molecule has 1 aliphatic carbocycles. The van der Waals surface area contributed by atoms with Crippen molar-refractivity contribution in [2.45, 2.75) is 51.1 Å². The molecule has 0 unspecified atom stereocenters. The molecule has 3 rings (SSSR count). The lowest BCUT2D eigenvalue weighted by Gasteiger charge is -2.36. The van der Waals surface area contributed by atoms with E-state index >= 15 is 0 Å². The molecule has 114 valence electrons. The lowest BCUT2D eigenvalue weighted by Crippen LogP contribution is -2.45. The van der Waals surface area contributed by atoms with Gasteiger partial charge in [-0.15, -0.1) is 0 Å². The molecule has 1 aromatic rings. The van der Waals surface area contributed by atoms with Gasteiger partial charge in [0.15, 0.2) is 0 Å². The fourth-order valence-electron chi connectivity index (χ4n) is 3.85. The standard InChI is InChI=1S/C18H26N2S/c21-18(19-14-15-8-3-1-4-9-15)16-10-7-11-17(16)20-12-5-2-6-13-20/h1,3-4,8-9,16-17H,2,5-7,10-14H2,(H,19,21)/t16-,17-/m0/s1. The molecular weight excluding hydrogens is 276 g/mol. The summed E-state index contributed by atoms with van der Waals surface area (Å²) < 4.78 is 0. The van der Waals surface area contributed by atoms with Crippen LogP contribution in [0, 0.1) is 5.92 Å². The Bertz CT molecular complexity index is 454. The molecule has 0 bridgehead atoms. The van der Waals surface area contributed by atoms with Gasteiger partial charge in [0.25, 0.3) is 0 Å². The van der Waals surface area contributed by atoms with E-state index in [0.29, 0.717) is 12.0 Å². The average Bonchev–Trinajstić information content (AvgIpc) is 3.04. The number of nitrogens with one attached hydrogen (secondary N) is 1. The first-order chi connectivity index (χ1) is 10.3. The fraction of sp³-hybridized carbons (Fsp3) is 0.611.